The Morgan fingerprint density at radius 2 is 0.778 bits per heavy atom. The van der Waals surface area contributed by atoms with Gasteiger partial charge in [-0.15, -0.1) is 0 Å². The SMILES string of the molecule is c1ccc(-c2c3ccccc3c(-c3nn4c(-c5ccccc5)cc5ccccc5c4c3-c3ccccc3)c3ccccc23)cc1. The number of benzene rings is 7. The van der Waals surface area contributed by atoms with Gasteiger partial charge in [0, 0.05) is 22.1 Å². The van der Waals surface area contributed by atoms with Crippen LogP contribution in [0.1, 0.15) is 0 Å². The number of hydrogen-bond acceptors (Lipinski definition) is 1. The Labute approximate surface area is 261 Å². The van der Waals surface area contributed by atoms with E-state index in [2.05, 4.69) is 174 Å². The summed E-state index contributed by atoms with van der Waals surface area (Å²) in [5.41, 5.74) is 10.2. The van der Waals surface area contributed by atoms with Crippen LogP contribution in [0.3, 0.4) is 0 Å². The lowest BCUT2D eigenvalue weighted by atomic mass is 9.86. The summed E-state index contributed by atoms with van der Waals surface area (Å²) in [6.45, 7) is 0. The van der Waals surface area contributed by atoms with Crippen LogP contribution in [0.2, 0.25) is 0 Å². The number of fused-ring (bicyclic) bond motifs is 5. The lowest BCUT2D eigenvalue weighted by molar-refractivity contribution is 0.981. The Kier molecular flexibility index (Phi) is 5.85. The van der Waals surface area contributed by atoms with Crippen LogP contribution in [0.25, 0.3) is 82.6 Å². The molecule has 0 aliphatic carbocycles. The fourth-order valence-corrected chi connectivity index (χ4v) is 7.06. The number of hydrogen-bond donors (Lipinski definition) is 0. The molecule has 2 heteroatoms. The summed E-state index contributed by atoms with van der Waals surface area (Å²) < 4.78 is 2.18. The molecule has 0 saturated heterocycles. The van der Waals surface area contributed by atoms with Crippen molar-refractivity contribution in [3.05, 3.63) is 170 Å². The Balaban J connectivity index is 1.51. The maximum absolute atomic E-state index is 5.61. The van der Waals surface area contributed by atoms with Gasteiger partial charge < -0.3 is 0 Å². The van der Waals surface area contributed by atoms with Gasteiger partial charge in [-0.2, -0.15) is 5.10 Å². The molecule has 0 amide bonds. The van der Waals surface area contributed by atoms with Gasteiger partial charge >= 0.3 is 0 Å². The standard InChI is InChI=1S/C43H28N2/c1-4-16-29(17-5-1)38-28-32-22-10-11-23-33(32)43-40(31-20-8-3-9-21-31)42(44-45(38)43)41-36-26-14-12-24-34(36)39(30-18-6-2-7-19-30)35-25-13-15-27-37(35)41/h1-28H. The van der Waals surface area contributed by atoms with Crippen LogP contribution in [0.4, 0.5) is 0 Å². The zero-order chi connectivity index (χ0) is 29.7. The Morgan fingerprint density at radius 3 is 1.33 bits per heavy atom. The van der Waals surface area contributed by atoms with E-state index in [0.29, 0.717) is 0 Å². The smallest absolute Gasteiger partial charge is 0.102 e. The highest BCUT2D eigenvalue weighted by Gasteiger charge is 2.25. The van der Waals surface area contributed by atoms with Crippen molar-refractivity contribution in [2.75, 3.05) is 0 Å². The zero-order valence-corrected chi connectivity index (χ0v) is 24.6. The number of pyridine rings is 1. The van der Waals surface area contributed by atoms with Crippen LogP contribution < -0.4 is 0 Å². The molecule has 210 valence electrons. The molecule has 0 unspecified atom stereocenters. The fourth-order valence-electron chi connectivity index (χ4n) is 7.06. The topological polar surface area (TPSA) is 17.3 Å². The first-order chi connectivity index (χ1) is 22.4. The van der Waals surface area contributed by atoms with Crippen LogP contribution in [0.15, 0.2) is 170 Å². The minimum atomic E-state index is 0.988. The van der Waals surface area contributed by atoms with Crippen LogP contribution in [0, 0.1) is 0 Å². The van der Waals surface area contributed by atoms with Gasteiger partial charge in [0.25, 0.3) is 0 Å². The predicted octanol–water partition coefficient (Wildman–Crippen LogP) is 11.5. The molecule has 0 bridgehead atoms. The summed E-state index contributed by atoms with van der Waals surface area (Å²) in [5.74, 6) is 0. The fraction of sp³-hybridized carbons (Fsp3) is 0. The van der Waals surface area contributed by atoms with E-state index in [1.807, 2.05) is 0 Å². The lowest BCUT2D eigenvalue weighted by Crippen LogP contribution is -1.96. The molecule has 2 nitrogen and oxygen atoms in total. The minimum absolute atomic E-state index is 0.988. The second-order valence-electron chi connectivity index (χ2n) is 11.5. The number of rotatable bonds is 4. The average Bonchev–Trinajstić information content (AvgIpc) is 3.52. The number of nitrogens with zero attached hydrogens (tertiary/aromatic N) is 2. The number of aromatic nitrogens is 2. The maximum atomic E-state index is 5.61. The molecule has 9 aromatic rings. The van der Waals surface area contributed by atoms with E-state index in [0.717, 1.165) is 39.2 Å². The van der Waals surface area contributed by atoms with E-state index in [1.54, 1.807) is 0 Å². The van der Waals surface area contributed by atoms with E-state index >= 15 is 0 Å². The first-order valence-corrected chi connectivity index (χ1v) is 15.4. The molecule has 2 heterocycles. The van der Waals surface area contributed by atoms with Gasteiger partial charge in [-0.05, 0) is 49.7 Å². The normalized spacial score (nSPS) is 11.6. The van der Waals surface area contributed by atoms with Crippen molar-refractivity contribution in [2.24, 2.45) is 0 Å². The zero-order valence-electron chi connectivity index (χ0n) is 24.6. The van der Waals surface area contributed by atoms with Crippen LogP contribution >= 0.6 is 0 Å². The third-order valence-electron chi connectivity index (χ3n) is 8.98. The monoisotopic (exact) mass is 572 g/mol. The minimum Gasteiger partial charge on any atom is -0.231 e. The van der Waals surface area contributed by atoms with Crippen LogP contribution in [0.5, 0.6) is 0 Å². The third kappa shape index (κ3) is 4.00. The molecular weight excluding hydrogens is 544 g/mol. The molecule has 0 aliphatic rings. The van der Waals surface area contributed by atoms with Gasteiger partial charge in [-0.3, -0.25) is 0 Å². The maximum Gasteiger partial charge on any atom is 0.102 e. The highest BCUT2D eigenvalue weighted by Crippen LogP contribution is 2.48. The summed E-state index contributed by atoms with van der Waals surface area (Å²) in [5, 5.41) is 12.8. The summed E-state index contributed by atoms with van der Waals surface area (Å²) in [6.07, 6.45) is 0. The molecule has 9 rings (SSSR count). The van der Waals surface area contributed by atoms with E-state index < -0.39 is 0 Å². The Morgan fingerprint density at radius 1 is 0.356 bits per heavy atom. The molecule has 0 atom stereocenters. The van der Waals surface area contributed by atoms with Crippen LogP contribution in [-0.4, -0.2) is 9.61 Å². The first-order valence-electron chi connectivity index (χ1n) is 15.4. The van der Waals surface area contributed by atoms with Crippen molar-refractivity contribution in [3.8, 4) is 44.8 Å². The van der Waals surface area contributed by atoms with Crippen molar-refractivity contribution in [1.82, 2.24) is 9.61 Å². The molecule has 0 radical (unpaired) electrons. The summed E-state index contributed by atoms with van der Waals surface area (Å²) in [6, 6.07) is 60.8. The van der Waals surface area contributed by atoms with E-state index in [1.165, 1.54) is 43.4 Å². The summed E-state index contributed by atoms with van der Waals surface area (Å²) in [4.78, 5) is 0. The van der Waals surface area contributed by atoms with Gasteiger partial charge in [-0.25, -0.2) is 4.52 Å². The molecule has 45 heavy (non-hydrogen) atoms. The highest BCUT2D eigenvalue weighted by molar-refractivity contribution is 6.23. The van der Waals surface area contributed by atoms with Gasteiger partial charge in [0.05, 0.1) is 11.2 Å². The highest BCUT2D eigenvalue weighted by atomic mass is 15.2. The van der Waals surface area contributed by atoms with Crippen molar-refractivity contribution in [3.63, 3.8) is 0 Å². The molecule has 0 spiro atoms. The van der Waals surface area contributed by atoms with Crippen molar-refractivity contribution < 1.29 is 0 Å². The largest absolute Gasteiger partial charge is 0.231 e. The molecule has 2 aromatic heterocycles. The predicted molar refractivity (Wildman–Crippen MR) is 189 cm³/mol. The third-order valence-corrected chi connectivity index (χ3v) is 8.98. The van der Waals surface area contributed by atoms with Crippen molar-refractivity contribution >= 4 is 37.8 Å². The quantitative estimate of drug-likeness (QED) is 0.192. The lowest BCUT2D eigenvalue weighted by Gasteiger charge is -2.17. The Bertz CT molecular complexity index is 2450. The molecule has 7 aromatic carbocycles. The molecule has 0 saturated carbocycles. The second kappa shape index (κ2) is 10.3. The van der Waals surface area contributed by atoms with E-state index in [-0.39, 0.29) is 0 Å². The molecular formula is C43H28N2. The van der Waals surface area contributed by atoms with Gasteiger partial charge in [0.15, 0.2) is 0 Å². The molecule has 0 aliphatic heterocycles. The van der Waals surface area contributed by atoms with Crippen LogP contribution in [-0.2, 0) is 0 Å². The van der Waals surface area contributed by atoms with Gasteiger partial charge in [-0.1, -0.05) is 164 Å². The summed E-state index contributed by atoms with van der Waals surface area (Å²) in [7, 11) is 0. The second-order valence-corrected chi connectivity index (χ2v) is 11.5. The van der Waals surface area contributed by atoms with Gasteiger partial charge in [0.1, 0.15) is 5.69 Å². The summed E-state index contributed by atoms with van der Waals surface area (Å²) >= 11 is 0. The molecule has 0 N–H and O–H groups in total. The van der Waals surface area contributed by atoms with Crippen molar-refractivity contribution in [1.29, 1.82) is 0 Å². The van der Waals surface area contributed by atoms with E-state index in [4.69, 9.17) is 5.10 Å². The van der Waals surface area contributed by atoms with Crippen molar-refractivity contribution in [2.45, 2.75) is 0 Å². The first kappa shape index (κ1) is 25.5. The molecule has 0 fully saturated rings. The average molecular weight is 573 g/mol. The van der Waals surface area contributed by atoms with Gasteiger partial charge in [0.2, 0.25) is 0 Å². The van der Waals surface area contributed by atoms with E-state index in [9.17, 15) is 0 Å². The Hall–Kier alpha value is -5.99.